The molecule has 0 saturated heterocycles. The molecule has 0 N–H and O–H groups in total. The molecule has 0 nitrogen and oxygen atoms in total. The quantitative estimate of drug-likeness (QED) is 0.300. The summed E-state index contributed by atoms with van der Waals surface area (Å²) in [5, 5.41) is 0.971. The van der Waals surface area contributed by atoms with Crippen LogP contribution in [0.2, 0.25) is 17.2 Å². The summed E-state index contributed by atoms with van der Waals surface area (Å²) in [6, 6.07) is 11.1. The van der Waals surface area contributed by atoms with Crippen molar-refractivity contribution in [2.45, 2.75) is 93.1 Å². The van der Waals surface area contributed by atoms with Crippen molar-refractivity contribution in [3.63, 3.8) is 0 Å². The van der Waals surface area contributed by atoms with Crippen molar-refractivity contribution in [3.05, 3.63) is 30.3 Å². The number of benzene rings is 1. The van der Waals surface area contributed by atoms with Crippen LogP contribution in [0.4, 0.5) is 0 Å². The molecule has 1 aromatic rings. The Hall–Kier alpha value is 0.369. The topological polar surface area (TPSA) is 0 Å². The second-order valence-corrected chi connectivity index (χ2v) is 23.0. The summed E-state index contributed by atoms with van der Waals surface area (Å²) < 4.78 is 6.23. The third kappa shape index (κ3) is 5.99. The van der Waals surface area contributed by atoms with Crippen LogP contribution in [0.3, 0.4) is 0 Å². The fraction of sp³-hybridized carbons (Fsp3) is 0.714. The molecule has 1 aliphatic rings. The molecule has 0 bridgehead atoms. The van der Waals surface area contributed by atoms with E-state index < -0.39 is 18.4 Å². The van der Waals surface area contributed by atoms with Gasteiger partial charge in [-0.05, 0) is 0 Å². The van der Waals surface area contributed by atoms with Gasteiger partial charge in [0, 0.05) is 0 Å². The Kier molecular flexibility index (Phi) is 8.89. The van der Waals surface area contributed by atoms with Crippen LogP contribution in [0.1, 0.15) is 65.7 Å². The first-order valence-corrected chi connectivity index (χ1v) is 18.6. The zero-order chi connectivity index (χ0) is 16.5. The number of thioether (sulfide) groups is 1. The molecule has 0 heterocycles. The Balaban J connectivity index is 2.03. The molecule has 0 radical (unpaired) electrons. The van der Waals surface area contributed by atoms with Crippen molar-refractivity contribution in [1.82, 2.24) is 0 Å². The minimum atomic E-state index is -1.94. The molecule has 0 spiro atoms. The zero-order valence-corrected chi connectivity index (χ0v) is 19.2. The molecule has 0 aliphatic heterocycles. The fourth-order valence-corrected chi connectivity index (χ4v) is 27.1. The van der Waals surface area contributed by atoms with E-state index in [0.29, 0.717) is 0 Å². The molecular weight excluding hydrogens is 403 g/mol. The van der Waals surface area contributed by atoms with Crippen molar-refractivity contribution < 1.29 is 0 Å². The molecule has 1 aliphatic carbocycles. The van der Waals surface area contributed by atoms with Crippen molar-refractivity contribution >= 4 is 30.1 Å². The summed E-state index contributed by atoms with van der Waals surface area (Å²) in [7, 11) is 0. The van der Waals surface area contributed by atoms with Crippen molar-refractivity contribution in [2.75, 3.05) is 0 Å². The van der Waals surface area contributed by atoms with Crippen LogP contribution in [-0.4, -0.2) is 23.6 Å². The molecule has 2 rings (SSSR count). The van der Waals surface area contributed by atoms with E-state index in [9.17, 15) is 0 Å². The number of hydrogen-bond donors (Lipinski definition) is 0. The number of unbranched alkanes of at least 4 members (excludes halogenated alkanes) is 3. The fourth-order valence-electron chi connectivity index (χ4n) is 4.14. The van der Waals surface area contributed by atoms with E-state index in [1.165, 1.54) is 47.4 Å². The van der Waals surface area contributed by atoms with Gasteiger partial charge in [-0.2, -0.15) is 0 Å². The van der Waals surface area contributed by atoms with Gasteiger partial charge in [-0.15, -0.1) is 0 Å². The Morgan fingerprint density at radius 1 is 0.870 bits per heavy atom. The van der Waals surface area contributed by atoms with Crippen LogP contribution in [0.15, 0.2) is 35.2 Å². The van der Waals surface area contributed by atoms with Gasteiger partial charge in [0.25, 0.3) is 0 Å². The molecular formula is C21H36SSn. The van der Waals surface area contributed by atoms with E-state index in [1.807, 2.05) is 0 Å². The van der Waals surface area contributed by atoms with Gasteiger partial charge in [0.05, 0.1) is 0 Å². The first-order chi connectivity index (χ1) is 11.3. The second kappa shape index (κ2) is 10.4. The third-order valence-electron chi connectivity index (χ3n) is 5.63. The van der Waals surface area contributed by atoms with Gasteiger partial charge < -0.3 is 0 Å². The van der Waals surface area contributed by atoms with Crippen LogP contribution in [-0.2, 0) is 0 Å². The van der Waals surface area contributed by atoms with E-state index in [-0.39, 0.29) is 0 Å². The molecule has 0 aromatic heterocycles. The van der Waals surface area contributed by atoms with Gasteiger partial charge in [-0.3, -0.25) is 0 Å². The zero-order valence-electron chi connectivity index (χ0n) is 15.5. The van der Waals surface area contributed by atoms with Gasteiger partial charge in [-0.25, -0.2) is 0 Å². The summed E-state index contributed by atoms with van der Waals surface area (Å²) in [6.07, 6.45) is 10.3. The summed E-state index contributed by atoms with van der Waals surface area (Å²) in [5.74, 6) is 0. The van der Waals surface area contributed by atoms with Crippen LogP contribution < -0.4 is 0 Å². The Labute approximate surface area is 153 Å². The minimum absolute atomic E-state index is 0.971. The normalized spacial score (nSPS) is 20.7. The summed E-state index contributed by atoms with van der Waals surface area (Å²) >= 11 is 0.260. The predicted molar refractivity (Wildman–Crippen MR) is 109 cm³/mol. The van der Waals surface area contributed by atoms with E-state index in [0.717, 1.165) is 5.25 Å². The number of rotatable bonds is 12. The first-order valence-electron chi connectivity index (χ1n) is 9.97. The molecule has 0 amide bonds. The predicted octanol–water partition coefficient (Wildman–Crippen LogP) is 7.77. The summed E-state index contributed by atoms with van der Waals surface area (Å²) in [6.45, 7) is 7.16. The molecule has 1 aromatic carbocycles. The molecule has 23 heavy (non-hydrogen) atoms. The molecule has 2 atom stereocenters. The van der Waals surface area contributed by atoms with Crippen molar-refractivity contribution in [3.8, 4) is 0 Å². The molecule has 130 valence electrons. The Morgan fingerprint density at radius 3 is 1.87 bits per heavy atom. The SMILES string of the molecule is CCC[CH2][Sn]([CH2]CCC)([CH2]CCC)[C@@H]1C[C@H]1Sc1ccccc1. The van der Waals surface area contributed by atoms with E-state index in [4.69, 9.17) is 0 Å². The van der Waals surface area contributed by atoms with Crippen LogP contribution >= 0.6 is 11.8 Å². The maximum atomic E-state index is 2.39. The van der Waals surface area contributed by atoms with Gasteiger partial charge in [-0.1, -0.05) is 0 Å². The second-order valence-electron chi connectivity index (χ2n) is 7.48. The van der Waals surface area contributed by atoms with Gasteiger partial charge in [0.2, 0.25) is 0 Å². The van der Waals surface area contributed by atoms with Crippen molar-refractivity contribution in [2.24, 2.45) is 0 Å². The number of hydrogen-bond acceptors (Lipinski definition) is 1. The van der Waals surface area contributed by atoms with Crippen LogP contribution in [0.25, 0.3) is 0 Å². The van der Waals surface area contributed by atoms with Crippen LogP contribution in [0, 0.1) is 0 Å². The van der Waals surface area contributed by atoms with Crippen LogP contribution in [0.5, 0.6) is 0 Å². The summed E-state index contributed by atoms with van der Waals surface area (Å²) in [5.41, 5.74) is 0. The standard InChI is InChI=1S/C9H9S.3C4H9.Sn/c1-2-4-8(5-3-1)10-9-6-7-9;3*1-3-4-2;/h1-6,9H,7H2;3*1,3-4H2,2H3;/t9-;;;;/m0..../s1. The van der Waals surface area contributed by atoms with E-state index >= 15 is 0 Å². The summed E-state index contributed by atoms with van der Waals surface area (Å²) in [4.78, 5) is 1.50. The van der Waals surface area contributed by atoms with Gasteiger partial charge in [0.15, 0.2) is 0 Å². The Morgan fingerprint density at radius 2 is 1.39 bits per heavy atom. The van der Waals surface area contributed by atoms with Crippen molar-refractivity contribution in [1.29, 1.82) is 0 Å². The average molecular weight is 439 g/mol. The average Bonchev–Trinajstić information content (AvgIpc) is 3.35. The maximum absolute atomic E-state index is 2.39. The third-order valence-corrected chi connectivity index (χ3v) is 25.6. The van der Waals surface area contributed by atoms with Gasteiger partial charge in [0.1, 0.15) is 0 Å². The first kappa shape index (κ1) is 19.7. The molecule has 0 unspecified atom stereocenters. The van der Waals surface area contributed by atoms with E-state index in [1.54, 1.807) is 19.7 Å². The molecule has 2 heteroatoms. The molecule has 1 saturated carbocycles. The molecule has 1 fully saturated rings. The van der Waals surface area contributed by atoms with Gasteiger partial charge >= 0.3 is 154 Å². The monoisotopic (exact) mass is 440 g/mol. The van der Waals surface area contributed by atoms with E-state index in [2.05, 4.69) is 62.9 Å². The Bertz CT molecular complexity index is 409.